The highest BCUT2D eigenvalue weighted by atomic mass is 31.0. The van der Waals surface area contributed by atoms with Gasteiger partial charge in [-0.3, -0.25) is 9.59 Å². The van der Waals surface area contributed by atoms with Gasteiger partial charge in [-0.15, -0.1) is 9.24 Å². The molecule has 2 rings (SSSR count). The number of hydrogen-bond acceptors (Lipinski definition) is 4. The van der Waals surface area contributed by atoms with E-state index in [0.29, 0.717) is 23.2 Å². The summed E-state index contributed by atoms with van der Waals surface area (Å²) in [6.07, 6.45) is 1.20. The maximum Gasteiger partial charge on any atom is 0.262 e. The summed E-state index contributed by atoms with van der Waals surface area (Å²) in [5.74, 6) is -0.933. The molecular weight excluding hydrogens is 421 g/mol. The third-order valence-corrected chi connectivity index (χ3v) is 5.57. The molecule has 0 aromatic heterocycles. The lowest BCUT2D eigenvalue weighted by atomic mass is 9.79. The van der Waals surface area contributed by atoms with E-state index in [1.807, 2.05) is 53.7 Å². The molecule has 0 bridgehead atoms. The lowest BCUT2D eigenvalue weighted by Gasteiger charge is -2.28. The Bertz CT molecular complexity index is 1040. The van der Waals surface area contributed by atoms with E-state index in [0.717, 1.165) is 11.1 Å². The van der Waals surface area contributed by atoms with E-state index in [1.165, 1.54) is 6.26 Å². The fourth-order valence-electron chi connectivity index (χ4n) is 3.33. The highest BCUT2D eigenvalue weighted by Gasteiger charge is 2.28. The van der Waals surface area contributed by atoms with Crippen molar-refractivity contribution in [1.82, 2.24) is 0 Å². The Hall–Kier alpha value is -2.65. The Morgan fingerprint density at radius 1 is 1.03 bits per heavy atom. The molecule has 0 saturated carbocycles. The molecule has 1 amide bonds. The third-order valence-electron chi connectivity index (χ3n) is 5.06. The fraction of sp³-hybridized carbons (Fsp3) is 0.385. The molecule has 5 nitrogen and oxygen atoms in total. The van der Waals surface area contributed by atoms with E-state index in [2.05, 4.69) is 14.6 Å². The summed E-state index contributed by atoms with van der Waals surface area (Å²) in [7, 11) is 2.51. The second kappa shape index (κ2) is 9.87. The number of hydrogen-bond donors (Lipinski definition) is 2. The van der Waals surface area contributed by atoms with E-state index in [9.17, 15) is 14.7 Å². The number of carbonyl (C=O) groups is 2. The van der Waals surface area contributed by atoms with E-state index < -0.39 is 11.7 Å². The number of Topliss-reactive ketones (excluding diaryl/α,β-unsaturated/α-hetero) is 1. The number of aromatic hydroxyl groups is 1. The molecule has 172 valence electrons. The Balaban J connectivity index is 2.53. The van der Waals surface area contributed by atoms with E-state index in [-0.39, 0.29) is 22.2 Å². The Labute approximate surface area is 193 Å². The second-order valence-corrected chi connectivity index (χ2v) is 10.4. The van der Waals surface area contributed by atoms with Crippen LogP contribution in [0.4, 0.5) is 5.69 Å². The lowest BCUT2D eigenvalue weighted by Crippen LogP contribution is -2.26. The van der Waals surface area contributed by atoms with Crippen LogP contribution in [-0.2, 0) is 20.4 Å². The van der Waals surface area contributed by atoms with Gasteiger partial charge in [0.25, 0.3) is 5.91 Å². The van der Waals surface area contributed by atoms with Gasteiger partial charge < -0.3 is 15.2 Å². The molecule has 2 aromatic carbocycles. The monoisotopic (exact) mass is 455 g/mol. The van der Waals surface area contributed by atoms with Gasteiger partial charge in [0.2, 0.25) is 5.78 Å². The van der Waals surface area contributed by atoms with Gasteiger partial charge in [0.05, 0.1) is 12.9 Å². The molecule has 1 atom stereocenters. The van der Waals surface area contributed by atoms with Crippen molar-refractivity contribution in [3.8, 4) is 5.75 Å². The highest BCUT2D eigenvalue weighted by Crippen LogP contribution is 2.39. The maximum absolute atomic E-state index is 13.2. The number of ketones is 1. The highest BCUT2D eigenvalue weighted by molar-refractivity contribution is 7.27. The second-order valence-electron chi connectivity index (χ2n) is 9.77. The third kappa shape index (κ3) is 5.98. The normalized spacial score (nSPS) is 12.4. The van der Waals surface area contributed by atoms with Crippen molar-refractivity contribution in [3.05, 3.63) is 64.9 Å². The molecule has 0 radical (unpaired) electrons. The molecule has 2 aromatic rings. The number of ether oxygens (including phenoxy) is 1. The molecule has 0 saturated heterocycles. The molecule has 0 aliphatic heterocycles. The Morgan fingerprint density at radius 2 is 1.62 bits per heavy atom. The van der Waals surface area contributed by atoms with Crippen LogP contribution in [0.2, 0.25) is 0 Å². The molecule has 32 heavy (non-hydrogen) atoms. The van der Waals surface area contributed by atoms with Crippen molar-refractivity contribution < 1.29 is 19.4 Å². The van der Waals surface area contributed by atoms with Gasteiger partial charge in [0.15, 0.2) is 0 Å². The number of anilines is 1. The van der Waals surface area contributed by atoms with Crippen molar-refractivity contribution >= 4 is 31.9 Å². The smallest absolute Gasteiger partial charge is 0.262 e. The van der Waals surface area contributed by atoms with Crippen LogP contribution in [0.3, 0.4) is 0 Å². The van der Waals surface area contributed by atoms with E-state index in [1.54, 1.807) is 31.2 Å². The first kappa shape index (κ1) is 25.6. The lowest BCUT2D eigenvalue weighted by molar-refractivity contribution is -0.112. The van der Waals surface area contributed by atoms with Crippen molar-refractivity contribution in [2.75, 3.05) is 11.9 Å². The van der Waals surface area contributed by atoms with Crippen molar-refractivity contribution in [1.29, 1.82) is 0 Å². The largest absolute Gasteiger partial charge is 0.508 e. The summed E-state index contributed by atoms with van der Waals surface area (Å²) >= 11 is 0. The molecule has 0 aliphatic rings. The summed E-state index contributed by atoms with van der Waals surface area (Å²) in [6, 6.07) is 10.5. The van der Waals surface area contributed by atoms with Gasteiger partial charge in [-0.1, -0.05) is 65.8 Å². The molecule has 2 N–H and O–H groups in total. The van der Waals surface area contributed by atoms with Gasteiger partial charge in [-0.2, -0.15) is 0 Å². The molecule has 0 heterocycles. The molecule has 0 aliphatic carbocycles. The van der Waals surface area contributed by atoms with Crippen LogP contribution >= 0.6 is 9.24 Å². The topological polar surface area (TPSA) is 75.6 Å². The van der Waals surface area contributed by atoms with Gasteiger partial charge in [0, 0.05) is 17.3 Å². The fourth-order valence-corrected chi connectivity index (χ4v) is 3.67. The number of phenols is 1. The van der Waals surface area contributed by atoms with Crippen LogP contribution in [0, 0.1) is 0 Å². The Kier molecular flexibility index (Phi) is 7.90. The number of amides is 1. The zero-order chi connectivity index (χ0) is 24.3. The van der Waals surface area contributed by atoms with Crippen molar-refractivity contribution in [2.45, 2.75) is 59.3 Å². The summed E-state index contributed by atoms with van der Waals surface area (Å²) in [4.78, 5) is 26.4. The van der Waals surface area contributed by atoms with Crippen LogP contribution in [-0.4, -0.2) is 23.4 Å². The first-order valence-electron chi connectivity index (χ1n) is 10.7. The molecular formula is C26H34NO4P. The van der Waals surface area contributed by atoms with Crippen LogP contribution in [0.15, 0.2) is 48.2 Å². The van der Waals surface area contributed by atoms with Crippen LogP contribution in [0.1, 0.15) is 70.0 Å². The molecule has 6 heteroatoms. The zero-order valence-electron chi connectivity index (χ0n) is 20.0. The van der Waals surface area contributed by atoms with Crippen molar-refractivity contribution in [2.24, 2.45) is 0 Å². The van der Waals surface area contributed by atoms with Gasteiger partial charge in [0.1, 0.15) is 11.3 Å². The van der Waals surface area contributed by atoms with E-state index in [4.69, 9.17) is 4.74 Å². The minimum Gasteiger partial charge on any atom is -0.508 e. The summed E-state index contributed by atoms with van der Waals surface area (Å²) < 4.78 is 5.32. The van der Waals surface area contributed by atoms with Gasteiger partial charge in [-0.25, -0.2) is 0 Å². The molecule has 1 unspecified atom stereocenters. The average Bonchev–Trinajstić information content (AvgIpc) is 2.66. The zero-order valence-corrected chi connectivity index (χ0v) is 21.2. The number of phenolic OH excluding ortho intramolecular Hbond substituents is 1. The summed E-state index contributed by atoms with van der Waals surface area (Å²) in [5, 5.41) is 14.2. The first-order chi connectivity index (χ1) is 14.8. The minimum absolute atomic E-state index is 0.0952. The summed E-state index contributed by atoms with van der Waals surface area (Å²) in [5.41, 5.74) is 1.83. The van der Waals surface area contributed by atoms with Gasteiger partial charge >= 0.3 is 0 Å². The van der Waals surface area contributed by atoms with Crippen molar-refractivity contribution in [3.63, 3.8) is 0 Å². The summed E-state index contributed by atoms with van der Waals surface area (Å²) in [6.45, 7) is 14.3. The Morgan fingerprint density at radius 3 is 2.16 bits per heavy atom. The van der Waals surface area contributed by atoms with Crippen LogP contribution < -0.4 is 10.6 Å². The minimum atomic E-state index is -0.592. The molecule has 0 spiro atoms. The number of rotatable bonds is 6. The number of benzene rings is 2. The number of nitrogens with one attached hydrogen (secondary N) is 1. The maximum atomic E-state index is 13.2. The standard InChI is InChI=1S/C26H34NO4P/c1-8-31-15-17(23(29)16-11-9-10-12-22(16)32)24(30)27-20-14-21(28)19(26(5,6)7)13-18(20)25(2,3)4/h9-15,28H,8,32H2,1-7H3,(H,27,30)/b17-15-. The first-order valence-corrected chi connectivity index (χ1v) is 11.3. The average molecular weight is 456 g/mol. The van der Waals surface area contributed by atoms with Crippen LogP contribution in [0.5, 0.6) is 5.75 Å². The van der Waals surface area contributed by atoms with Crippen LogP contribution in [0.25, 0.3) is 0 Å². The van der Waals surface area contributed by atoms with Gasteiger partial charge in [-0.05, 0) is 40.3 Å². The quantitative estimate of drug-likeness (QED) is 0.156. The molecule has 0 fully saturated rings. The number of carbonyl (C=O) groups excluding carboxylic acids is 2. The predicted octanol–water partition coefficient (Wildman–Crippen LogP) is 5.23. The SMILES string of the molecule is CCO/C=C(\C(=O)Nc1cc(O)c(C(C)(C)C)cc1C(C)(C)C)C(=O)c1ccccc1P. The van der Waals surface area contributed by atoms with E-state index >= 15 is 0 Å². The predicted molar refractivity (Wildman–Crippen MR) is 134 cm³/mol.